The first-order valence-electron chi connectivity index (χ1n) is 30.0. The molecular formula is C55H86N16O25. The highest BCUT2D eigenvalue weighted by molar-refractivity contribution is 6.00. The van der Waals surface area contributed by atoms with Crippen LogP contribution in [-0.4, -0.2) is 270 Å². The number of hydrogen-bond donors (Lipinski definition) is 22. The second-order valence-corrected chi connectivity index (χ2v) is 23.1. The molecule has 23 N–H and O–H groups in total. The van der Waals surface area contributed by atoms with Gasteiger partial charge in [-0.3, -0.25) is 76.7 Å². The average Bonchev–Trinajstić information content (AvgIpc) is 0.960. The Bertz CT molecular complexity index is 2960. The van der Waals surface area contributed by atoms with Gasteiger partial charge in [0.05, 0.1) is 45.7 Å². The number of H-pyrrole nitrogens is 1. The fourth-order valence-electron chi connectivity index (χ4n) is 9.22. The van der Waals surface area contributed by atoms with E-state index in [-0.39, 0.29) is 5.69 Å². The largest absolute Gasteiger partial charge is 0.481 e. The van der Waals surface area contributed by atoms with Gasteiger partial charge >= 0.3 is 11.9 Å². The molecule has 0 radical (unpaired) electrons. The lowest BCUT2D eigenvalue weighted by Crippen LogP contribution is -2.65. The second kappa shape index (κ2) is 38.7. The molecule has 1 aromatic heterocycles. The molecule has 1 aromatic rings. The molecule has 2 aliphatic heterocycles. The summed E-state index contributed by atoms with van der Waals surface area (Å²) >= 11 is 0. The van der Waals surface area contributed by atoms with Crippen molar-refractivity contribution in [3.63, 3.8) is 0 Å². The Morgan fingerprint density at radius 2 is 1.01 bits per heavy atom. The maximum absolute atomic E-state index is 14.3. The number of hydrogen-bond acceptors (Lipinski definition) is 24. The number of carboxylic acids is 2. The normalized spacial score (nSPS) is 29.1. The van der Waals surface area contributed by atoms with Gasteiger partial charge in [-0.05, 0) is 38.5 Å². The monoisotopic (exact) mass is 1370 g/mol. The van der Waals surface area contributed by atoms with Crippen molar-refractivity contribution in [2.75, 3.05) is 33.0 Å². The van der Waals surface area contributed by atoms with Gasteiger partial charge in [-0.15, -0.1) is 0 Å². The Morgan fingerprint density at radius 1 is 0.573 bits per heavy atom. The van der Waals surface area contributed by atoms with Crippen molar-refractivity contribution in [2.45, 2.75) is 184 Å². The van der Waals surface area contributed by atoms with Crippen LogP contribution in [0.15, 0.2) is 12.5 Å². The van der Waals surface area contributed by atoms with E-state index in [4.69, 9.17) is 15.2 Å². The Hall–Kier alpha value is -9.55. The fraction of sp³-hybridized carbons (Fsp3) is 0.655. The number of nitrogens with two attached hydrogens (primary N) is 1. The molecule has 0 unspecified atom stereocenters. The highest BCUT2D eigenvalue weighted by Crippen LogP contribution is 2.23. The number of carboxylic acid groups (broad SMARTS) is 2. The molecule has 0 saturated carbocycles. The van der Waals surface area contributed by atoms with Crippen molar-refractivity contribution < 1.29 is 122 Å². The van der Waals surface area contributed by atoms with Crippen LogP contribution in [0.25, 0.3) is 0 Å². The van der Waals surface area contributed by atoms with Gasteiger partial charge in [-0.2, -0.15) is 0 Å². The molecular weight excluding hydrogens is 1280 g/mol. The second-order valence-electron chi connectivity index (χ2n) is 23.1. The van der Waals surface area contributed by atoms with Crippen LogP contribution < -0.4 is 74.9 Å². The van der Waals surface area contributed by atoms with Crippen LogP contribution in [0.2, 0.25) is 0 Å². The van der Waals surface area contributed by atoms with Crippen molar-refractivity contribution in [1.29, 1.82) is 0 Å². The van der Waals surface area contributed by atoms with Gasteiger partial charge in [0.15, 0.2) is 6.29 Å². The van der Waals surface area contributed by atoms with Crippen LogP contribution in [0.1, 0.15) is 86.3 Å². The Labute approximate surface area is 547 Å². The summed E-state index contributed by atoms with van der Waals surface area (Å²) in [6, 6.07) is -21.5. The first-order chi connectivity index (χ1) is 45.0. The van der Waals surface area contributed by atoms with Crippen molar-refractivity contribution in [3.8, 4) is 0 Å². The predicted octanol–water partition coefficient (Wildman–Crippen LogP) is -11.7. The zero-order chi connectivity index (χ0) is 72.4. The van der Waals surface area contributed by atoms with Gasteiger partial charge in [-0.1, -0.05) is 27.7 Å². The lowest BCUT2D eigenvalue weighted by Gasteiger charge is -2.42. The van der Waals surface area contributed by atoms with E-state index < -0.39 is 275 Å². The number of aromatic amines is 1. The molecule has 0 bridgehead atoms. The van der Waals surface area contributed by atoms with Gasteiger partial charge in [-0.25, -0.2) is 4.98 Å². The number of aromatic nitrogens is 2. The number of aliphatic hydroxyl groups excluding tert-OH is 5. The van der Waals surface area contributed by atoms with E-state index in [9.17, 15) is 112 Å². The third kappa shape index (κ3) is 25.6. The SMILES string of the molecule is CC(=O)N[C@H]1[C@@H](OC[C@@H]2NC(=O)[C@H](CO)NC(=O)[C@H](C(C)C)NC(=O)[C@H](C)NC(=O)[C@H](Cc3cnc[nH]3)NC(=O)[C@H](CO)NC(=O)[C@H](CCC(=O)O)NC(=O)[C@H](C(C)C)NC(=O)[C@H](C)NC(=O)[C@H](CCC(=O)O)NC(=O)CNC(=O)[C@H](CC(N)=O)NC2=O)O[C@H](CO)[C@H](O)[C@@H]1O. The number of carbonyl (C=O) groups is 16. The van der Waals surface area contributed by atoms with E-state index in [1.165, 1.54) is 40.2 Å². The van der Waals surface area contributed by atoms with Crippen molar-refractivity contribution in [1.82, 2.24) is 79.1 Å². The molecule has 2 aliphatic rings. The zero-order valence-electron chi connectivity index (χ0n) is 53.3. The molecule has 0 aliphatic carbocycles. The molecule has 2 fully saturated rings. The fourth-order valence-corrected chi connectivity index (χ4v) is 9.22. The summed E-state index contributed by atoms with van der Waals surface area (Å²) in [7, 11) is 0. The number of imidazole rings is 1. The van der Waals surface area contributed by atoms with E-state index in [1.807, 2.05) is 0 Å². The lowest BCUT2D eigenvalue weighted by molar-refractivity contribution is -0.271. The van der Waals surface area contributed by atoms with E-state index in [2.05, 4.69) is 79.1 Å². The molecule has 96 heavy (non-hydrogen) atoms. The molecule has 0 spiro atoms. The summed E-state index contributed by atoms with van der Waals surface area (Å²) in [6.07, 6.45) is -9.07. The highest BCUT2D eigenvalue weighted by atomic mass is 16.7. The van der Waals surface area contributed by atoms with Crippen LogP contribution in [-0.2, 0) is 92.6 Å². The number of rotatable bonds is 19. The standard InChI is InChI=1S/C55H86N16O25/c1-21(2)39-53(93)64-28(9-11-38(80)81)48(88)67-31(16-72)50(90)65-29(12-26-14-57-20-59-26)49(89)61-24(6)45(85)71-40(22(3)4)54(94)68-32(17-73)51(91)69-33(19-95-55-41(62-25(7)75)43(83)42(82)34(18-74)96-55)52(92)66-30(13-35(56)76)46(86)58-15-36(77)63-27(8-10-37(78)79)47(87)60-23(5)44(84)70-39/h14,20-24,27-34,39-43,55,72-74,82-83H,8-13,15-19H2,1-7H3,(H2,56,76)(H,57,59)(H,58,86)(H,60,87)(H,61,89)(H,62,75)(H,63,77)(H,64,93)(H,65,90)(H,66,92)(H,67,88)(H,68,94)(H,69,91)(H,70,84)(H,71,85)(H,78,79)(H,80,81)/t23-,24-,27-,28-,29-,30-,31-,32-,33-,34+,39-,40-,41+,42-,43+,55-/m0/s1. The van der Waals surface area contributed by atoms with Crippen molar-refractivity contribution in [3.05, 3.63) is 18.2 Å². The Balaban J connectivity index is 2.17. The topological polar surface area (TPSA) is 644 Å². The number of aliphatic carboxylic acids is 2. The molecule has 2 saturated heterocycles. The number of primary amides is 1. The number of nitrogens with zero attached hydrogens (tertiary/aromatic N) is 1. The van der Waals surface area contributed by atoms with Gasteiger partial charge in [0.25, 0.3) is 0 Å². The maximum Gasteiger partial charge on any atom is 0.303 e. The minimum absolute atomic E-state index is 0.217. The molecule has 16 atom stereocenters. The first kappa shape index (κ1) is 80.7. The lowest BCUT2D eigenvalue weighted by atomic mass is 9.97. The smallest absolute Gasteiger partial charge is 0.303 e. The van der Waals surface area contributed by atoms with E-state index >= 15 is 0 Å². The summed E-state index contributed by atoms with van der Waals surface area (Å²) < 4.78 is 11.3. The molecule has 3 rings (SSSR count). The Kier molecular flexibility index (Phi) is 32.5. The van der Waals surface area contributed by atoms with Crippen LogP contribution in [0, 0.1) is 11.8 Å². The minimum atomic E-state index is -2.15. The predicted molar refractivity (Wildman–Crippen MR) is 321 cm³/mol. The highest BCUT2D eigenvalue weighted by Gasteiger charge is 2.46. The number of carbonyl (C=O) groups excluding carboxylic acids is 14. The summed E-state index contributed by atoms with van der Waals surface area (Å²) in [6.45, 7) is 3.37. The molecule has 3 heterocycles. The van der Waals surface area contributed by atoms with Crippen LogP contribution in [0.3, 0.4) is 0 Å². The molecule has 0 aromatic carbocycles. The third-order valence-corrected chi connectivity index (χ3v) is 14.6. The molecule has 41 heteroatoms. The van der Waals surface area contributed by atoms with Crippen LogP contribution >= 0.6 is 0 Å². The van der Waals surface area contributed by atoms with E-state index in [0.29, 0.717) is 0 Å². The van der Waals surface area contributed by atoms with E-state index in [1.54, 1.807) is 0 Å². The zero-order valence-corrected chi connectivity index (χ0v) is 53.3. The van der Waals surface area contributed by atoms with Gasteiger partial charge in [0.1, 0.15) is 90.8 Å². The number of nitrogens with one attached hydrogen (secondary N) is 14. The summed E-state index contributed by atoms with van der Waals surface area (Å²) in [4.78, 5) is 221. The van der Waals surface area contributed by atoms with E-state index in [0.717, 1.165) is 20.8 Å². The summed E-state index contributed by atoms with van der Waals surface area (Å²) in [5.41, 5.74) is 5.63. The molecule has 14 amide bonds. The van der Waals surface area contributed by atoms with Crippen molar-refractivity contribution >= 4 is 94.6 Å². The quantitative estimate of drug-likeness (QED) is 0.0611. The molecule has 41 nitrogen and oxygen atoms in total. The number of aliphatic hydroxyl groups is 5. The van der Waals surface area contributed by atoms with Crippen molar-refractivity contribution in [2.24, 2.45) is 17.6 Å². The third-order valence-electron chi connectivity index (χ3n) is 14.6. The van der Waals surface area contributed by atoms with Crippen LogP contribution in [0.5, 0.6) is 0 Å². The Morgan fingerprint density at radius 3 is 1.47 bits per heavy atom. The molecule has 536 valence electrons. The van der Waals surface area contributed by atoms with Gasteiger partial charge in [0, 0.05) is 38.1 Å². The number of ether oxygens (including phenoxy) is 2. The first-order valence-corrected chi connectivity index (χ1v) is 30.0. The maximum atomic E-state index is 14.3. The average molecular weight is 1370 g/mol. The summed E-state index contributed by atoms with van der Waals surface area (Å²) in [5, 5.41) is 100. The van der Waals surface area contributed by atoms with Gasteiger partial charge < -0.3 is 125 Å². The van der Waals surface area contributed by atoms with Crippen LogP contribution in [0.4, 0.5) is 0 Å². The van der Waals surface area contributed by atoms with Gasteiger partial charge in [0.2, 0.25) is 82.7 Å². The number of amides is 14. The summed E-state index contributed by atoms with van der Waals surface area (Å²) in [5.74, 6) is -21.4. The minimum Gasteiger partial charge on any atom is -0.481 e.